The first-order chi connectivity index (χ1) is 5.84. The maximum Gasteiger partial charge on any atom is 0.307 e. The Hall–Kier alpha value is -0.160. The van der Waals surface area contributed by atoms with Gasteiger partial charge in [-0.25, -0.2) is 0 Å². The summed E-state index contributed by atoms with van der Waals surface area (Å²) in [5, 5.41) is 0.307. The van der Waals surface area contributed by atoms with Crippen LogP contribution in [0.25, 0.3) is 0 Å². The maximum atomic E-state index is 10.7. The van der Waals surface area contributed by atoms with Crippen LogP contribution < -0.4 is 0 Å². The lowest BCUT2D eigenvalue weighted by Crippen LogP contribution is -2.03. The lowest BCUT2D eigenvalue weighted by molar-refractivity contribution is -0.137. The van der Waals surface area contributed by atoms with Gasteiger partial charge in [0.05, 0.1) is 18.2 Å². The number of hydrogen-bond donors (Lipinski definition) is 0. The molecule has 1 saturated heterocycles. The summed E-state index contributed by atoms with van der Waals surface area (Å²) < 4.78 is 5.98. The van der Waals surface area contributed by atoms with Crippen molar-refractivity contribution in [2.45, 2.75) is 11.7 Å². The molecule has 0 aromatic carbocycles. The highest BCUT2D eigenvalue weighted by Gasteiger charge is 2.26. The molecule has 2 heterocycles. The van der Waals surface area contributed by atoms with Crippen molar-refractivity contribution in [2.24, 2.45) is 4.99 Å². The first-order valence-corrected chi connectivity index (χ1v) is 5.70. The van der Waals surface area contributed by atoms with Crippen LogP contribution in [0.2, 0.25) is 0 Å². The number of carbonyl (C=O) groups excluding carboxylic acids is 1. The molecule has 0 radical (unpaired) electrons. The fourth-order valence-corrected chi connectivity index (χ4v) is 3.37. The van der Waals surface area contributed by atoms with Gasteiger partial charge in [-0.1, -0.05) is 23.5 Å². The van der Waals surface area contributed by atoms with Crippen molar-refractivity contribution in [3.05, 3.63) is 0 Å². The maximum absolute atomic E-state index is 10.7. The fraction of sp³-hybridized carbons (Fsp3) is 0.714. The molecule has 0 aromatic heterocycles. The van der Waals surface area contributed by atoms with E-state index in [1.165, 1.54) is 0 Å². The fourth-order valence-electron chi connectivity index (χ4n) is 1.09. The third-order valence-electron chi connectivity index (χ3n) is 1.65. The SMILES string of the molecule is O=C1CC(SC2=NCCS2)CO1. The Labute approximate surface area is 79.3 Å². The predicted octanol–water partition coefficient (Wildman–Crippen LogP) is 1.14. The number of carbonyl (C=O) groups is 1. The van der Waals surface area contributed by atoms with Crippen molar-refractivity contribution in [3.63, 3.8) is 0 Å². The second-order valence-corrected chi connectivity index (χ2v) is 5.25. The molecule has 1 fully saturated rings. The zero-order valence-corrected chi connectivity index (χ0v) is 8.12. The van der Waals surface area contributed by atoms with Crippen LogP contribution in [0.5, 0.6) is 0 Å². The Morgan fingerprint density at radius 2 is 2.58 bits per heavy atom. The molecule has 0 saturated carbocycles. The molecule has 0 spiro atoms. The Morgan fingerprint density at radius 1 is 1.67 bits per heavy atom. The van der Waals surface area contributed by atoms with Crippen LogP contribution in [0.3, 0.4) is 0 Å². The summed E-state index contributed by atoms with van der Waals surface area (Å²) in [4.78, 5) is 15.0. The number of esters is 1. The van der Waals surface area contributed by atoms with Gasteiger partial charge in [0.1, 0.15) is 11.0 Å². The molecule has 3 nitrogen and oxygen atoms in total. The van der Waals surface area contributed by atoms with Crippen molar-refractivity contribution < 1.29 is 9.53 Å². The van der Waals surface area contributed by atoms with Crippen LogP contribution in [0.1, 0.15) is 6.42 Å². The van der Waals surface area contributed by atoms with Gasteiger partial charge in [0.25, 0.3) is 0 Å². The summed E-state index contributed by atoms with van der Waals surface area (Å²) >= 11 is 3.46. The molecule has 0 N–H and O–H groups in total. The normalized spacial score (nSPS) is 28.8. The highest BCUT2D eigenvalue weighted by molar-refractivity contribution is 8.39. The molecule has 0 amide bonds. The number of cyclic esters (lactones) is 1. The first kappa shape index (κ1) is 8.44. The van der Waals surface area contributed by atoms with Crippen LogP contribution in [-0.2, 0) is 9.53 Å². The summed E-state index contributed by atoms with van der Waals surface area (Å²) in [6.45, 7) is 1.48. The van der Waals surface area contributed by atoms with Crippen LogP contribution in [0.4, 0.5) is 0 Å². The monoisotopic (exact) mass is 203 g/mol. The molecule has 0 bridgehead atoms. The summed E-state index contributed by atoms with van der Waals surface area (Å²) in [5.74, 6) is 1.01. The molecule has 0 aromatic rings. The molecule has 1 unspecified atom stereocenters. The Morgan fingerprint density at radius 3 is 3.17 bits per heavy atom. The molecule has 66 valence electrons. The van der Waals surface area contributed by atoms with E-state index in [9.17, 15) is 4.79 Å². The van der Waals surface area contributed by atoms with E-state index >= 15 is 0 Å². The lowest BCUT2D eigenvalue weighted by Gasteiger charge is -2.03. The third kappa shape index (κ3) is 1.95. The minimum atomic E-state index is -0.0731. The van der Waals surface area contributed by atoms with E-state index in [1.54, 1.807) is 23.5 Å². The number of rotatable bonds is 1. The zero-order chi connectivity index (χ0) is 8.39. The van der Waals surface area contributed by atoms with Gasteiger partial charge in [-0.05, 0) is 0 Å². The molecule has 2 aliphatic rings. The molecule has 12 heavy (non-hydrogen) atoms. The molecular formula is C7H9NO2S2. The minimum absolute atomic E-state index is 0.0731. The Bertz CT molecular complexity index is 229. The quantitative estimate of drug-likeness (QED) is 0.599. The number of nitrogens with zero attached hydrogens (tertiary/aromatic N) is 1. The number of hydrogen-bond acceptors (Lipinski definition) is 5. The smallest absolute Gasteiger partial charge is 0.307 e. The highest BCUT2D eigenvalue weighted by atomic mass is 32.2. The average molecular weight is 203 g/mol. The van der Waals surface area contributed by atoms with Crippen LogP contribution in [0, 0.1) is 0 Å². The van der Waals surface area contributed by atoms with Gasteiger partial charge in [-0.15, -0.1) is 0 Å². The Balaban J connectivity index is 1.83. The standard InChI is InChI=1S/C7H9NO2S2/c9-6-3-5(4-10-6)12-7-8-1-2-11-7/h5H,1-4H2. The molecule has 5 heteroatoms. The van der Waals surface area contributed by atoms with Crippen molar-refractivity contribution >= 4 is 33.9 Å². The first-order valence-electron chi connectivity index (χ1n) is 3.84. The van der Waals surface area contributed by atoms with Crippen molar-refractivity contribution in [2.75, 3.05) is 18.9 Å². The molecule has 2 aliphatic heterocycles. The van der Waals surface area contributed by atoms with E-state index in [0.717, 1.165) is 16.7 Å². The van der Waals surface area contributed by atoms with Gasteiger partial charge in [0.15, 0.2) is 0 Å². The van der Waals surface area contributed by atoms with E-state index < -0.39 is 0 Å². The number of thioether (sulfide) groups is 2. The van der Waals surface area contributed by atoms with Gasteiger partial charge in [-0.3, -0.25) is 9.79 Å². The summed E-state index contributed by atoms with van der Waals surface area (Å²) in [5.41, 5.74) is 0. The lowest BCUT2D eigenvalue weighted by atomic mass is 10.4. The van der Waals surface area contributed by atoms with Gasteiger partial charge in [-0.2, -0.15) is 0 Å². The van der Waals surface area contributed by atoms with Gasteiger partial charge < -0.3 is 4.74 Å². The van der Waals surface area contributed by atoms with E-state index in [4.69, 9.17) is 4.74 Å². The molecule has 2 rings (SSSR count). The number of ether oxygens (including phenoxy) is 1. The van der Waals surface area contributed by atoms with Crippen LogP contribution >= 0.6 is 23.5 Å². The summed E-state index contributed by atoms with van der Waals surface area (Å²) in [6.07, 6.45) is 0.546. The van der Waals surface area contributed by atoms with E-state index in [0.29, 0.717) is 18.3 Å². The highest BCUT2D eigenvalue weighted by Crippen LogP contribution is 2.29. The van der Waals surface area contributed by atoms with Gasteiger partial charge in [0, 0.05) is 5.75 Å². The molecule has 0 aliphatic carbocycles. The summed E-state index contributed by atoms with van der Waals surface area (Å²) in [7, 11) is 0. The molecular weight excluding hydrogens is 194 g/mol. The van der Waals surface area contributed by atoms with Crippen molar-refractivity contribution in [1.82, 2.24) is 0 Å². The average Bonchev–Trinajstić information content (AvgIpc) is 2.63. The molecule has 1 atom stereocenters. The van der Waals surface area contributed by atoms with E-state index in [1.807, 2.05) is 0 Å². The topological polar surface area (TPSA) is 38.7 Å². The Kier molecular flexibility index (Phi) is 2.60. The number of aliphatic imine (C=N–C) groups is 1. The summed E-state index contributed by atoms with van der Waals surface area (Å²) in [6, 6.07) is 0. The zero-order valence-electron chi connectivity index (χ0n) is 6.49. The van der Waals surface area contributed by atoms with Crippen molar-refractivity contribution in [1.29, 1.82) is 0 Å². The largest absolute Gasteiger partial charge is 0.464 e. The van der Waals surface area contributed by atoms with E-state index in [2.05, 4.69) is 4.99 Å². The van der Waals surface area contributed by atoms with Crippen LogP contribution in [0.15, 0.2) is 4.99 Å². The predicted molar refractivity (Wildman–Crippen MR) is 51.7 cm³/mol. The van der Waals surface area contributed by atoms with Gasteiger partial charge in [0.2, 0.25) is 0 Å². The second-order valence-electron chi connectivity index (χ2n) is 2.62. The third-order valence-corrected chi connectivity index (χ3v) is 4.02. The minimum Gasteiger partial charge on any atom is -0.464 e. The van der Waals surface area contributed by atoms with Crippen molar-refractivity contribution in [3.8, 4) is 0 Å². The van der Waals surface area contributed by atoms with E-state index in [-0.39, 0.29) is 5.97 Å². The second kappa shape index (κ2) is 3.70. The van der Waals surface area contributed by atoms with Gasteiger partial charge >= 0.3 is 5.97 Å². The van der Waals surface area contributed by atoms with Crippen LogP contribution in [-0.4, -0.2) is 34.5 Å².